The second-order valence-corrected chi connectivity index (χ2v) is 2.44. The van der Waals surface area contributed by atoms with Crippen LogP contribution >= 0.6 is 0 Å². The fourth-order valence-corrected chi connectivity index (χ4v) is 0.726. The second-order valence-electron chi connectivity index (χ2n) is 2.44. The molecular weight excluding hydrogens is 150 g/mol. The Morgan fingerprint density at radius 3 is 2.25 bits per heavy atom. The molecule has 0 bridgehead atoms. The van der Waals surface area contributed by atoms with Gasteiger partial charge in [-0.3, -0.25) is 4.98 Å². The molecule has 1 unspecified atom stereocenters. The van der Waals surface area contributed by atoms with E-state index in [4.69, 9.17) is 5.11 Å². The van der Waals surface area contributed by atoms with Gasteiger partial charge >= 0.3 is 0 Å². The van der Waals surface area contributed by atoms with Crippen LogP contribution in [0.2, 0.25) is 0 Å². The number of rotatable bonds is 1. The molecule has 1 N–H and O–H groups in total. The molecule has 0 fully saturated rings. The summed E-state index contributed by atoms with van der Waals surface area (Å²) in [6, 6.07) is 3.77. The third-order valence-electron chi connectivity index (χ3n) is 1.36. The standard InChI is InChI=1S/C8H11NO.C2H6/c1-6-3-4-8(7(2)10)9-5-6;1-2/h3-5,7,10H,1-2H3;1-2H3. The Balaban J connectivity index is 0.000000561. The Labute approximate surface area is 74.3 Å². The van der Waals surface area contributed by atoms with Crippen LogP contribution in [0.3, 0.4) is 0 Å². The maximum Gasteiger partial charge on any atom is 0.0931 e. The molecule has 1 atom stereocenters. The average molecular weight is 167 g/mol. The van der Waals surface area contributed by atoms with Gasteiger partial charge in [0, 0.05) is 6.20 Å². The minimum absolute atomic E-state index is 0.458. The molecule has 0 aliphatic heterocycles. The van der Waals surface area contributed by atoms with Crippen LogP contribution in [-0.2, 0) is 0 Å². The summed E-state index contributed by atoms with van der Waals surface area (Å²) in [5.41, 5.74) is 1.84. The molecule has 1 heterocycles. The predicted molar refractivity (Wildman–Crippen MR) is 51.0 cm³/mol. The molecule has 0 amide bonds. The highest BCUT2D eigenvalue weighted by molar-refractivity contribution is 5.13. The van der Waals surface area contributed by atoms with Crippen molar-refractivity contribution < 1.29 is 5.11 Å². The lowest BCUT2D eigenvalue weighted by Gasteiger charge is -2.01. The van der Waals surface area contributed by atoms with E-state index in [9.17, 15) is 0 Å². The zero-order valence-electron chi connectivity index (χ0n) is 8.20. The summed E-state index contributed by atoms with van der Waals surface area (Å²) in [4.78, 5) is 4.03. The second kappa shape index (κ2) is 5.72. The number of nitrogens with zero attached hydrogens (tertiary/aromatic N) is 1. The van der Waals surface area contributed by atoms with Crippen molar-refractivity contribution in [3.8, 4) is 0 Å². The van der Waals surface area contributed by atoms with Gasteiger partial charge in [0.15, 0.2) is 0 Å². The van der Waals surface area contributed by atoms with Crippen molar-refractivity contribution in [3.63, 3.8) is 0 Å². The van der Waals surface area contributed by atoms with E-state index in [2.05, 4.69) is 4.98 Å². The first kappa shape index (κ1) is 11.1. The van der Waals surface area contributed by atoms with Gasteiger partial charge in [-0.25, -0.2) is 0 Å². The van der Waals surface area contributed by atoms with Crippen LogP contribution in [0, 0.1) is 6.92 Å². The van der Waals surface area contributed by atoms with Gasteiger partial charge < -0.3 is 5.11 Å². The molecule has 1 aromatic heterocycles. The molecule has 0 saturated carbocycles. The van der Waals surface area contributed by atoms with Gasteiger partial charge in [-0.2, -0.15) is 0 Å². The molecule has 0 saturated heterocycles. The lowest BCUT2D eigenvalue weighted by molar-refractivity contribution is 0.194. The van der Waals surface area contributed by atoms with Gasteiger partial charge in [0.05, 0.1) is 11.8 Å². The van der Waals surface area contributed by atoms with E-state index in [0.29, 0.717) is 0 Å². The van der Waals surface area contributed by atoms with E-state index in [1.54, 1.807) is 13.1 Å². The fourth-order valence-electron chi connectivity index (χ4n) is 0.726. The number of hydrogen-bond acceptors (Lipinski definition) is 2. The number of aliphatic hydroxyl groups is 1. The Morgan fingerprint density at radius 2 is 1.92 bits per heavy atom. The van der Waals surface area contributed by atoms with E-state index >= 15 is 0 Å². The van der Waals surface area contributed by atoms with Crippen molar-refractivity contribution in [2.75, 3.05) is 0 Å². The van der Waals surface area contributed by atoms with Crippen molar-refractivity contribution in [1.29, 1.82) is 0 Å². The highest BCUT2D eigenvalue weighted by Gasteiger charge is 1.98. The van der Waals surface area contributed by atoms with Crippen LogP contribution in [0.25, 0.3) is 0 Å². The first-order chi connectivity index (χ1) is 5.70. The van der Waals surface area contributed by atoms with Crippen molar-refractivity contribution in [3.05, 3.63) is 29.6 Å². The molecular formula is C10H17NO. The van der Waals surface area contributed by atoms with E-state index in [1.807, 2.05) is 32.9 Å². The number of aliphatic hydroxyl groups excluding tert-OH is 1. The van der Waals surface area contributed by atoms with Gasteiger partial charge in [-0.15, -0.1) is 0 Å². The normalized spacial score (nSPS) is 11.4. The van der Waals surface area contributed by atoms with Crippen LogP contribution in [0.5, 0.6) is 0 Å². The smallest absolute Gasteiger partial charge is 0.0931 e. The first-order valence-electron chi connectivity index (χ1n) is 4.31. The summed E-state index contributed by atoms with van der Waals surface area (Å²) in [6.07, 6.45) is 1.29. The Bertz CT molecular complexity index is 204. The van der Waals surface area contributed by atoms with Crippen molar-refractivity contribution >= 4 is 0 Å². The van der Waals surface area contributed by atoms with Crippen LogP contribution in [0.15, 0.2) is 18.3 Å². The van der Waals surface area contributed by atoms with Crippen LogP contribution in [0.1, 0.15) is 38.1 Å². The molecule has 2 heteroatoms. The van der Waals surface area contributed by atoms with E-state index < -0.39 is 6.10 Å². The third-order valence-corrected chi connectivity index (χ3v) is 1.36. The summed E-state index contributed by atoms with van der Waals surface area (Å²) in [5.74, 6) is 0. The molecule has 0 radical (unpaired) electrons. The minimum Gasteiger partial charge on any atom is -0.387 e. The highest BCUT2D eigenvalue weighted by atomic mass is 16.3. The van der Waals surface area contributed by atoms with Crippen molar-refractivity contribution in [2.45, 2.75) is 33.8 Å². The van der Waals surface area contributed by atoms with Gasteiger partial charge in [-0.1, -0.05) is 19.9 Å². The number of hydrogen-bond donors (Lipinski definition) is 1. The molecule has 0 aliphatic carbocycles. The quantitative estimate of drug-likeness (QED) is 0.697. The average Bonchev–Trinajstić information content (AvgIpc) is 2.09. The molecule has 0 aromatic carbocycles. The molecule has 12 heavy (non-hydrogen) atoms. The summed E-state index contributed by atoms with van der Waals surface area (Å²) >= 11 is 0. The Kier molecular flexibility index (Phi) is 5.30. The maximum atomic E-state index is 9.05. The van der Waals surface area contributed by atoms with Crippen LogP contribution < -0.4 is 0 Å². The zero-order chi connectivity index (χ0) is 9.56. The summed E-state index contributed by atoms with van der Waals surface area (Å²) in [5, 5.41) is 9.05. The summed E-state index contributed by atoms with van der Waals surface area (Å²) < 4.78 is 0. The number of pyridine rings is 1. The highest BCUT2D eigenvalue weighted by Crippen LogP contribution is 2.07. The predicted octanol–water partition coefficient (Wildman–Crippen LogP) is 2.47. The zero-order valence-corrected chi connectivity index (χ0v) is 8.20. The largest absolute Gasteiger partial charge is 0.387 e. The van der Waals surface area contributed by atoms with E-state index in [1.165, 1.54) is 0 Å². The van der Waals surface area contributed by atoms with E-state index in [0.717, 1.165) is 11.3 Å². The molecule has 0 aliphatic rings. The van der Waals surface area contributed by atoms with Gasteiger partial charge in [-0.05, 0) is 25.5 Å². The maximum absolute atomic E-state index is 9.05. The molecule has 2 nitrogen and oxygen atoms in total. The fraction of sp³-hybridized carbons (Fsp3) is 0.500. The number of aryl methyl sites for hydroxylation is 1. The van der Waals surface area contributed by atoms with Gasteiger partial charge in [0.1, 0.15) is 0 Å². The summed E-state index contributed by atoms with van der Waals surface area (Å²) in [7, 11) is 0. The SMILES string of the molecule is CC.Cc1ccc(C(C)O)nc1. The van der Waals surface area contributed by atoms with Crippen LogP contribution in [0.4, 0.5) is 0 Å². The van der Waals surface area contributed by atoms with Gasteiger partial charge in [0.2, 0.25) is 0 Å². The molecule has 1 rings (SSSR count). The topological polar surface area (TPSA) is 33.1 Å². The lowest BCUT2D eigenvalue weighted by atomic mass is 10.2. The van der Waals surface area contributed by atoms with Crippen molar-refractivity contribution in [1.82, 2.24) is 4.98 Å². The third kappa shape index (κ3) is 3.49. The molecule has 68 valence electrons. The van der Waals surface area contributed by atoms with Gasteiger partial charge in [0.25, 0.3) is 0 Å². The Morgan fingerprint density at radius 1 is 1.33 bits per heavy atom. The molecule has 1 aromatic rings. The number of aromatic nitrogens is 1. The van der Waals surface area contributed by atoms with E-state index in [-0.39, 0.29) is 0 Å². The monoisotopic (exact) mass is 167 g/mol. The lowest BCUT2D eigenvalue weighted by Crippen LogP contribution is -1.94. The Hall–Kier alpha value is -0.890. The molecule has 0 spiro atoms. The minimum atomic E-state index is -0.458. The van der Waals surface area contributed by atoms with Crippen LogP contribution in [-0.4, -0.2) is 10.1 Å². The first-order valence-corrected chi connectivity index (χ1v) is 4.31. The van der Waals surface area contributed by atoms with Crippen molar-refractivity contribution in [2.24, 2.45) is 0 Å². The summed E-state index contributed by atoms with van der Waals surface area (Å²) in [6.45, 7) is 7.68.